The fourth-order valence-electron chi connectivity index (χ4n) is 2.05. The first-order valence-corrected chi connectivity index (χ1v) is 6.80. The van der Waals surface area contributed by atoms with E-state index in [1.807, 2.05) is 20.8 Å². The second-order valence-electron chi connectivity index (χ2n) is 6.40. The molecule has 21 heavy (non-hydrogen) atoms. The van der Waals surface area contributed by atoms with Crippen molar-refractivity contribution in [1.82, 2.24) is 10.3 Å². The minimum atomic E-state index is -0.956. The van der Waals surface area contributed by atoms with E-state index in [4.69, 9.17) is 0 Å². The molecule has 6 heteroatoms. The highest BCUT2D eigenvalue weighted by Crippen LogP contribution is 2.24. The summed E-state index contributed by atoms with van der Waals surface area (Å²) in [5, 5.41) is 11.7. The van der Waals surface area contributed by atoms with Gasteiger partial charge in [0.1, 0.15) is 5.56 Å². The third kappa shape index (κ3) is 5.41. The monoisotopic (exact) mass is 294 g/mol. The molecule has 0 fully saturated rings. The number of nitrogens with one attached hydrogen (secondary N) is 2. The van der Waals surface area contributed by atoms with Crippen LogP contribution < -0.4 is 10.7 Å². The minimum Gasteiger partial charge on any atom is -0.481 e. The van der Waals surface area contributed by atoms with Crippen LogP contribution in [0, 0.1) is 18.3 Å². The summed E-state index contributed by atoms with van der Waals surface area (Å²) in [6, 6.07) is 1.33. The van der Waals surface area contributed by atoms with Crippen molar-refractivity contribution in [2.75, 3.05) is 6.54 Å². The lowest BCUT2D eigenvalue weighted by Crippen LogP contribution is -2.36. The molecule has 1 amide bonds. The van der Waals surface area contributed by atoms with Gasteiger partial charge in [-0.05, 0) is 18.8 Å². The van der Waals surface area contributed by atoms with E-state index in [0.29, 0.717) is 12.1 Å². The van der Waals surface area contributed by atoms with Crippen molar-refractivity contribution >= 4 is 11.9 Å². The lowest BCUT2D eigenvalue weighted by Gasteiger charge is -2.23. The zero-order chi connectivity index (χ0) is 16.2. The normalized spacial score (nSPS) is 12.8. The molecule has 0 aromatic carbocycles. The molecule has 0 aliphatic heterocycles. The van der Waals surface area contributed by atoms with E-state index in [2.05, 4.69) is 10.3 Å². The summed E-state index contributed by atoms with van der Waals surface area (Å²) in [4.78, 5) is 37.6. The van der Waals surface area contributed by atoms with Crippen LogP contribution in [0.5, 0.6) is 0 Å². The van der Waals surface area contributed by atoms with E-state index in [1.54, 1.807) is 6.92 Å². The van der Waals surface area contributed by atoms with Gasteiger partial charge in [-0.25, -0.2) is 0 Å². The number of pyridine rings is 1. The van der Waals surface area contributed by atoms with Crippen LogP contribution in [0.15, 0.2) is 17.1 Å². The second kappa shape index (κ2) is 6.56. The van der Waals surface area contributed by atoms with Gasteiger partial charge in [-0.2, -0.15) is 0 Å². The number of H-pyrrole nitrogens is 1. The minimum absolute atomic E-state index is 0.00124. The Morgan fingerprint density at radius 2 is 2.00 bits per heavy atom. The molecule has 1 heterocycles. The third-order valence-corrected chi connectivity index (χ3v) is 3.02. The van der Waals surface area contributed by atoms with Gasteiger partial charge in [-0.15, -0.1) is 0 Å². The summed E-state index contributed by atoms with van der Waals surface area (Å²) < 4.78 is 0. The molecule has 1 aromatic heterocycles. The molecule has 0 aliphatic carbocycles. The molecule has 1 aromatic rings. The van der Waals surface area contributed by atoms with Gasteiger partial charge < -0.3 is 15.4 Å². The molecule has 3 N–H and O–H groups in total. The number of carbonyl (C=O) groups is 2. The first-order chi connectivity index (χ1) is 9.60. The van der Waals surface area contributed by atoms with Crippen molar-refractivity contribution < 1.29 is 14.7 Å². The Bertz CT molecular complexity index is 584. The molecular weight excluding hydrogens is 272 g/mol. The Kier molecular flexibility index (Phi) is 5.29. The van der Waals surface area contributed by atoms with E-state index in [-0.39, 0.29) is 23.0 Å². The summed E-state index contributed by atoms with van der Waals surface area (Å²) in [5.74, 6) is -2.20. The molecule has 116 valence electrons. The summed E-state index contributed by atoms with van der Waals surface area (Å²) in [7, 11) is 0. The van der Waals surface area contributed by atoms with Crippen LogP contribution in [0.2, 0.25) is 0 Å². The topological polar surface area (TPSA) is 99.3 Å². The second-order valence-corrected chi connectivity index (χ2v) is 6.40. The SMILES string of the molecule is Cc1cc(=O)c(C(=O)NCC(CC(C)(C)C)C(=O)O)c[nH]1. The Hall–Kier alpha value is -2.11. The first-order valence-electron chi connectivity index (χ1n) is 6.80. The maximum absolute atomic E-state index is 11.9. The molecule has 1 atom stereocenters. The number of hydrogen-bond acceptors (Lipinski definition) is 3. The highest BCUT2D eigenvalue weighted by molar-refractivity contribution is 5.94. The van der Waals surface area contributed by atoms with Crippen molar-refractivity contribution in [2.24, 2.45) is 11.3 Å². The number of carbonyl (C=O) groups excluding carboxylic acids is 1. The molecule has 0 spiro atoms. The van der Waals surface area contributed by atoms with Gasteiger partial charge >= 0.3 is 5.97 Å². The molecule has 0 aliphatic rings. The molecule has 1 unspecified atom stereocenters. The molecule has 0 saturated carbocycles. The van der Waals surface area contributed by atoms with Crippen LogP contribution in [0.25, 0.3) is 0 Å². The lowest BCUT2D eigenvalue weighted by atomic mass is 9.84. The van der Waals surface area contributed by atoms with Crippen LogP contribution in [0.1, 0.15) is 43.2 Å². The quantitative estimate of drug-likeness (QED) is 0.767. The summed E-state index contributed by atoms with van der Waals surface area (Å²) in [6.07, 6.45) is 1.78. The number of aromatic nitrogens is 1. The largest absolute Gasteiger partial charge is 0.481 e. The summed E-state index contributed by atoms with van der Waals surface area (Å²) in [6.45, 7) is 7.53. The van der Waals surface area contributed by atoms with Crippen molar-refractivity contribution in [3.8, 4) is 0 Å². The fourth-order valence-corrected chi connectivity index (χ4v) is 2.05. The number of aliphatic carboxylic acids is 1. The molecule has 6 nitrogen and oxygen atoms in total. The van der Waals surface area contributed by atoms with Crippen LogP contribution in [-0.2, 0) is 4.79 Å². The molecular formula is C15H22N2O4. The van der Waals surface area contributed by atoms with Crippen LogP contribution >= 0.6 is 0 Å². The maximum Gasteiger partial charge on any atom is 0.308 e. The van der Waals surface area contributed by atoms with Crippen molar-refractivity contribution in [3.63, 3.8) is 0 Å². The van der Waals surface area contributed by atoms with Gasteiger partial charge in [0.05, 0.1) is 5.92 Å². The zero-order valence-electron chi connectivity index (χ0n) is 12.8. The van der Waals surface area contributed by atoms with Gasteiger partial charge in [-0.3, -0.25) is 14.4 Å². The van der Waals surface area contributed by atoms with Gasteiger partial charge in [0.2, 0.25) is 0 Å². The average Bonchev–Trinajstić information content (AvgIpc) is 2.32. The number of rotatable bonds is 5. The lowest BCUT2D eigenvalue weighted by molar-refractivity contribution is -0.142. The number of aryl methyl sites for hydroxylation is 1. The van der Waals surface area contributed by atoms with E-state index in [1.165, 1.54) is 12.3 Å². The average molecular weight is 294 g/mol. The fraction of sp³-hybridized carbons (Fsp3) is 0.533. The van der Waals surface area contributed by atoms with E-state index < -0.39 is 17.8 Å². The molecule has 0 bridgehead atoms. The summed E-state index contributed by atoms with van der Waals surface area (Å²) in [5.41, 5.74) is 0.106. The van der Waals surface area contributed by atoms with Gasteiger partial charge in [0, 0.05) is 24.5 Å². The van der Waals surface area contributed by atoms with Crippen molar-refractivity contribution in [1.29, 1.82) is 0 Å². The van der Waals surface area contributed by atoms with Crippen molar-refractivity contribution in [3.05, 3.63) is 33.7 Å². The Morgan fingerprint density at radius 3 is 2.48 bits per heavy atom. The smallest absolute Gasteiger partial charge is 0.308 e. The van der Waals surface area contributed by atoms with Gasteiger partial charge in [-0.1, -0.05) is 20.8 Å². The third-order valence-electron chi connectivity index (χ3n) is 3.02. The maximum atomic E-state index is 11.9. The number of carboxylic acids is 1. The van der Waals surface area contributed by atoms with E-state index >= 15 is 0 Å². The van der Waals surface area contributed by atoms with Gasteiger partial charge in [0.25, 0.3) is 5.91 Å². The van der Waals surface area contributed by atoms with E-state index in [9.17, 15) is 19.5 Å². The number of hydrogen-bond donors (Lipinski definition) is 3. The number of carboxylic acid groups (broad SMARTS) is 1. The number of amides is 1. The molecule has 1 rings (SSSR count). The van der Waals surface area contributed by atoms with Crippen LogP contribution in [0.4, 0.5) is 0 Å². The van der Waals surface area contributed by atoms with E-state index in [0.717, 1.165) is 0 Å². The van der Waals surface area contributed by atoms with Crippen molar-refractivity contribution in [2.45, 2.75) is 34.1 Å². The zero-order valence-corrected chi connectivity index (χ0v) is 12.8. The Labute approximate surface area is 123 Å². The highest BCUT2D eigenvalue weighted by Gasteiger charge is 2.25. The summed E-state index contributed by atoms with van der Waals surface area (Å²) >= 11 is 0. The standard InChI is InChI=1S/C15H22N2O4/c1-9-5-12(18)11(8-16-9)13(19)17-7-10(14(20)21)6-15(2,3)4/h5,8,10H,6-7H2,1-4H3,(H,16,18)(H,17,19)(H,20,21). The highest BCUT2D eigenvalue weighted by atomic mass is 16.4. The Balaban J connectivity index is 2.74. The number of aromatic amines is 1. The van der Waals surface area contributed by atoms with Crippen LogP contribution in [0.3, 0.4) is 0 Å². The molecule has 0 radical (unpaired) electrons. The first kappa shape index (κ1) is 16.9. The predicted molar refractivity (Wildman–Crippen MR) is 79.3 cm³/mol. The Morgan fingerprint density at radius 1 is 1.38 bits per heavy atom. The molecule has 0 saturated heterocycles. The predicted octanol–water partition coefficient (Wildman–Crippen LogP) is 1.55. The van der Waals surface area contributed by atoms with Crippen LogP contribution in [-0.4, -0.2) is 28.5 Å². The van der Waals surface area contributed by atoms with Gasteiger partial charge in [0.15, 0.2) is 5.43 Å².